The Hall–Kier alpha value is 0.627. The van der Waals surface area contributed by atoms with Crippen molar-refractivity contribution in [3.05, 3.63) is 60.7 Å². The van der Waals surface area contributed by atoms with Gasteiger partial charge in [-0.15, -0.1) is 0 Å². The Morgan fingerprint density at radius 3 is 0.971 bits per heavy atom. The molecule has 2 aromatic rings. The Morgan fingerprint density at radius 1 is 0.543 bits per heavy atom. The van der Waals surface area contributed by atoms with E-state index in [9.17, 15) is 47.6 Å². The number of aliphatic hydroxyl groups is 2. The summed E-state index contributed by atoms with van der Waals surface area (Å²) in [6, 6.07) is 13.8. The van der Waals surface area contributed by atoms with E-state index in [-0.39, 0.29) is 72.8 Å². The van der Waals surface area contributed by atoms with Crippen molar-refractivity contribution in [2.24, 2.45) is 0 Å². The van der Waals surface area contributed by atoms with Gasteiger partial charge in [0.05, 0.1) is 0 Å². The van der Waals surface area contributed by atoms with Crippen LogP contribution >= 0.6 is 30.4 Å². The van der Waals surface area contributed by atoms with Gasteiger partial charge in [0.1, 0.15) is 11.5 Å². The van der Waals surface area contributed by atoms with Gasteiger partial charge >= 0.3 is 61.3 Å². The van der Waals surface area contributed by atoms with Crippen molar-refractivity contribution < 1.29 is 128 Å². The van der Waals surface area contributed by atoms with E-state index in [1.54, 1.807) is 12.1 Å². The molecular weight excluding hydrogens is 835 g/mol. The van der Waals surface area contributed by atoms with Gasteiger partial charge < -0.3 is 57.8 Å². The molecule has 35 heavy (non-hydrogen) atoms. The van der Waals surface area contributed by atoms with Crippen molar-refractivity contribution in [3.63, 3.8) is 0 Å². The van der Waals surface area contributed by atoms with E-state index in [0.717, 1.165) is 0 Å². The monoisotopic (exact) mass is 848 g/mol. The maximum Gasteiger partial charge on any atom is 2.00 e. The third-order valence-corrected chi connectivity index (χ3v) is 9.67. The first kappa shape index (κ1) is 40.1. The molecule has 0 saturated heterocycles. The van der Waals surface area contributed by atoms with Crippen LogP contribution in [0.15, 0.2) is 60.7 Å². The molecule has 0 bridgehead atoms. The van der Waals surface area contributed by atoms with Crippen LogP contribution in [-0.4, -0.2) is 21.4 Å². The standard InChI is InChI=1S/2C7H10O7P2.3Pd/c2*8-7(15(9,10)11)16(12,13)14-6-4-2-1-3-5-6;;;/h2*1-5,7-8H,(H,12,13)(H2,9,10,11);;;/q;;3*+2/p-6. The van der Waals surface area contributed by atoms with Crippen molar-refractivity contribution in [2.45, 2.75) is 11.2 Å². The number of benzene rings is 2. The first-order valence-corrected chi connectivity index (χ1v) is 14.4. The second-order valence-corrected chi connectivity index (χ2v) is 13.1. The minimum absolute atomic E-state index is 0. The summed E-state index contributed by atoms with van der Waals surface area (Å²) in [7, 11) is -21.7. The van der Waals surface area contributed by atoms with Gasteiger partial charge in [-0.1, -0.05) is 36.4 Å². The van der Waals surface area contributed by atoms with Crippen molar-refractivity contribution in [3.8, 4) is 11.5 Å². The Kier molecular flexibility index (Phi) is 19.0. The van der Waals surface area contributed by atoms with E-state index in [0.29, 0.717) is 0 Å². The van der Waals surface area contributed by atoms with Crippen LogP contribution in [-0.2, 0) is 79.5 Å². The second kappa shape index (κ2) is 16.6. The predicted octanol–water partition coefficient (Wildman–Crippen LogP) is -2.39. The molecule has 4 unspecified atom stereocenters. The zero-order valence-electron chi connectivity index (χ0n) is 16.5. The fourth-order valence-corrected chi connectivity index (χ4v) is 5.77. The SMILES string of the molecule is O=P([O-])([O-])C(O)P(=O)([O-])Oc1ccccc1.O=P([O-])([O-])C(O)P(=O)([O-])Oc1ccccc1.[Pd+2].[Pd+2].[Pd+2]. The fourth-order valence-electron chi connectivity index (χ4n) is 1.70. The molecule has 2 rings (SSSR count). The van der Waals surface area contributed by atoms with Crippen LogP contribution in [0.3, 0.4) is 0 Å². The first-order chi connectivity index (χ1) is 14.5. The fraction of sp³-hybridized carbons (Fsp3) is 0.143. The molecular formula is C14H14O14P4Pd3. The number of para-hydroxylation sites is 2. The number of hydrogen-bond acceptors (Lipinski definition) is 14. The number of aliphatic hydroxyl groups excluding tert-OH is 2. The van der Waals surface area contributed by atoms with Crippen molar-refractivity contribution in [1.82, 2.24) is 0 Å². The van der Waals surface area contributed by atoms with Gasteiger partial charge in [0.2, 0.25) is 15.2 Å². The molecule has 0 amide bonds. The van der Waals surface area contributed by atoms with E-state index in [1.807, 2.05) is 0 Å². The van der Waals surface area contributed by atoms with E-state index < -0.39 is 41.6 Å². The topological polar surface area (TPSA) is 266 Å². The van der Waals surface area contributed by atoms with Crippen molar-refractivity contribution in [1.29, 1.82) is 0 Å². The molecule has 14 nitrogen and oxygen atoms in total. The summed E-state index contributed by atoms with van der Waals surface area (Å²) in [5.74, 6) is -0.373. The molecule has 0 aromatic heterocycles. The Morgan fingerprint density at radius 2 is 0.771 bits per heavy atom. The quantitative estimate of drug-likeness (QED) is 0.208. The van der Waals surface area contributed by atoms with Gasteiger partial charge in [-0.25, -0.2) is 0 Å². The van der Waals surface area contributed by atoms with Gasteiger partial charge in [-0.2, -0.15) is 0 Å². The molecule has 0 radical (unpaired) electrons. The van der Waals surface area contributed by atoms with E-state index in [1.165, 1.54) is 48.5 Å². The first-order valence-electron chi connectivity index (χ1n) is 7.97. The van der Waals surface area contributed by atoms with Gasteiger partial charge in [-0.3, -0.25) is 9.13 Å². The largest absolute Gasteiger partial charge is 2.00 e. The molecule has 0 aliphatic heterocycles. The van der Waals surface area contributed by atoms with Gasteiger partial charge in [-0.05, 0) is 39.5 Å². The zero-order chi connectivity index (χ0) is 24.8. The molecule has 0 spiro atoms. The third-order valence-electron chi connectivity index (χ3n) is 3.08. The minimum atomic E-state index is -5.66. The van der Waals surface area contributed by atoms with Crippen LogP contribution in [0.4, 0.5) is 0 Å². The van der Waals surface area contributed by atoms with E-state index in [4.69, 9.17) is 10.2 Å². The molecule has 0 fully saturated rings. The van der Waals surface area contributed by atoms with Crippen LogP contribution in [0, 0.1) is 0 Å². The maximum atomic E-state index is 11.1. The van der Waals surface area contributed by atoms with Crippen LogP contribution in [0.2, 0.25) is 0 Å². The summed E-state index contributed by atoms with van der Waals surface area (Å²) in [4.78, 5) is 63.6. The molecule has 204 valence electrons. The molecule has 4 atom stereocenters. The van der Waals surface area contributed by atoms with Crippen LogP contribution < -0.4 is 38.4 Å². The van der Waals surface area contributed by atoms with E-state index >= 15 is 0 Å². The summed E-state index contributed by atoms with van der Waals surface area (Å²) >= 11 is 0. The molecule has 0 aliphatic carbocycles. The van der Waals surface area contributed by atoms with Crippen LogP contribution in [0.25, 0.3) is 0 Å². The Balaban J connectivity index is -0.000000539. The number of hydrogen-bond donors (Lipinski definition) is 2. The smallest absolute Gasteiger partial charge is 0.809 e. The second-order valence-electron chi connectivity index (χ2n) is 5.66. The summed E-state index contributed by atoms with van der Waals surface area (Å²) in [5, 5.41) is 17.6. The molecule has 21 heteroatoms. The Labute approximate surface area is 240 Å². The van der Waals surface area contributed by atoms with E-state index in [2.05, 4.69) is 9.05 Å². The average molecular weight is 849 g/mol. The van der Waals surface area contributed by atoms with Crippen LogP contribution in [0.1, 0.15) is 0 Å². The molecule has 2 aromatic carbocycles. The van der Waals surface area contributed by atoms with Crippen molar-refractivity contribution >= 4 is 30.4 Å². The predicted molar refractivity (Wildman–Crippen MR) is 96.6 cm³/mol. The normalized spacial score (nSPS) is 16.0. The number of rotatable bonds is 8. The zero-order valence-corrected chi connectivity index (χ0v) is 24.7. The Bertz CT molecular complexity index is 979. The molecule has 0 heterocycles. The molecule has 0 aliphatic rings. The van der Waals surface area contributed by atoms with Gasteiger partial charge in [0.25, 0.3) is 0 Å². The minimum Gasteiger partial charge on any atom is -0.809 e. The van der Waals surface area contributed by atoms with Crippen LogP contribution in [0.5, 0.6) is 11.5 Å². The summed E-state index contributed by atoms with van der Waals surface area (Å²) in [6.07, 6.45) is 0. The maximum absolute atomic E-state index is 11.1. The molecule has 0 saturated carbocycles. The third kappa shape index (κ3) is 14.4. The van der Waals surface area contributed by atoms with Crippen molar-refractivity contribution in [2.75, 3.05) is 0 Å². The molecule has 2 N–H and O–H groups in total. The summed E-state index contributed by atoms with van der Waals surface area (Å²) < 4.78 is 51.5. The summed E-state index contributed by atoms with van der Waals surface area (Å²) in [6.45, 7) is 0. The average Bonchev–Trinajstić information content (AvgIpc) is 2.67. The summed E-state index contributed by atoms with van der Waals surface area (Å²) in [5.41, 5.74) is -6.17. The van der Waals surface area contributed by atoms with Gasteiger partial charge in [0, 0.05) is 0 Å². The van der Waals surface area contributed by atoms with Gasteiger partial charge in [0.15, 0.2) is 11.2 Å².